The largest absolute Gasteiger partial charge is 0.473 e. The fourth-order valence-electron chi connectivity index (χ4n) is 1.88. The monoisotopic (exact) mass is 368 g/mol. The molecule has 114 valence electrons. The molecule has 1 N–H and O–H groups in total. The highest BCUT2D eigenvalue weighted by molar-refractivity contribution is 9.10. The van der Waals surface area contributed by atoms with E-state index in [0.29, 0.717) is 15.9 Å². The van der Waals surface area contributed by atoms with Gasteiger partial charge < -0.3 is 4.74 Å². The van der Waals surface area contributed by atoms with E-state index in [1.807, 2.05) is 0 Å². The number of aryl methyl sites for hydroxylation is 1. The lowest BCUT2D eigenvalue weighted by molar-refractivity contribution is 0.291. The van der Waals surface area contributed by atoms with E-state index in [0.717, 1.165) is 9.36 Å². The molecule has 10 heteroatoms. The molecule has 0 bridgehead atoms. The molecule has 8 nitrogen and oxygen atoms in total. The van der Waals surface area contributed by atoms with E-state index in [4.69, 9.17) is 4.74 Å². The quantitative estimate of drug-likeness (QED) is 0.746. The summed E-state index contributed by atoms with van der Waals surface area (Å²) in [7, 11) is 1.43. The summed E-state index contributed by atoms with van der Waals surface area (Å²) in [6, 6.07) is 4.40. The molecule has 0 radical (unpaired) electrons. The van der Waals surface area contributed by atoms with Crippen molar-refractivity contribution < 1.29 is 9.13 Å². The van der Waals surface area contributed by atoms with E-state index < -0.39 is 11.5 Å². The first-order valence-corrected chi connectivity index (χ1v) is 6.95. The number of hydrogen-bond donors (Lipinski definition) is 1. The summed E-state index contributed by atoms with van der Waals surface area (Å²) in [6.07, 6.45) is 1.53. The molecule has 0 unspecified atom stereocenters. The van der Waals surface area contributed by atoms with E-state index in [1.54, 1.807) is 6.07 Å². The van der Waals surface area contributed by atoms with E-state index in [1.165, 1.54) is 25.4 Å². The summed E-state index contributed by atoms with van der Waals surface area (Å²) in [6.45, 7) is 0.0128. The third-order valence-electron chi connectivity index (χ3n) is 2.96. The molecule has 0 aliphatic carbocycles. The zero-order valence-corrected chi connectivity index (χ0v) is 12.9. The number of hydrogen-bond acceptors (Lipinski definition) is 5. The van der Waals surface area contributed by atoms with Gasteiger partial charge in [0.05, 0.1) is 6.20 Å². The van der Waals surface area contributed by atoms with Gasteiger partial charge in [0.1, 0.15) is 18.1 Å². The van der Waals surface area contributed by atoms with Crippen LogP contribution in [0.1, 0.15) is 5.56 Å². The van der Waals surface area contributed by atoms with Crippen LogP contribution in [0.2, 0.25) is 0 Å². The van der Waals surface area contributed by atoms with Crippen molar-refractivity contribution >= 4 is 15.9 Å². The van der Waals surface area contributed by atoms with Crippen molar-refractivity contribution in [3.63, 3.8) is 0 Å². The minimum absolute atomic E-state index is 0.00742. The Morgan fingerprint density at radius 1 is 1.36 bits per heavy atom. The lowest BCUT2D eigenvalue weighted by atomic mass is 10.2. The minimum Gasteiger partial charge on any atom is -0.473 e. The Morgan fingerprint density at radius 2 is 2.18 bits per heavy atom. The fraction of sp³-hybridized carbons (Fsp3) is 0.167. The second kappa shape index (κ2) is 5.72. The smallest absolute Gasteiger partial charge is 0.368 e. The predicted molar refractivity (Wildman–Crippen MR) is 77.2 cm³/mol. The van der Waals surface area contributed by atoms with Crippen molar-refractivity contribution in [2.24, 2.45) is 7.05 Å². The van der Waals surface area contributed by atoms with Gasteiger partial charge in [-0.2, -0.15) is 14.5 Å². The van der Waals surface area contributed by atoms with Crippen molar-refractivity contribution in [3.8, 4) is 11.6 Å². The molecule has 2 aromatic heterocycles. The van der Waals surface area contributed by atoms with Crippen LogP contribution >= 0.6 is 15.9 Å². The van der Waals surface area contributed by atoms with Gasteiger partial charge in [-0.15, -0.1) is 0 Å². The van der Waals surface area contributed by atoms with Gasteiger partial charge >= 0.3 is 5.69 Å². The maximum absolute atomic E-state index is 14.2. The number of nitrogens with zero attached hydrogens (tertiary/aromatic N) is 5. The second-order valence-electron chi connectivity index (χ2n) is 4.36. The van der Waals surface area contributed by atoms with Gasteiger partial charge in [-0.3, -0.25) is 0 Å². The third kappa shape index (κ3) is 2.52. The number of halogens is 2. The van der Waals surface area contributed by atoms with Crippen molar-refractivity contribution in [2.75, 3.05) is 0 Å². The van der Waals surface area contributed by atoms with Gasteiger partial charge in [0.2, 0.25) is 5.88 Å². The van der Waals surface area contributed by atoms with Crippen LogP contribution in [0.5, 0.6) is 5.88 Å². The summed E-state index contributed by atoms with van der Waals surface area (Å²) in [5, 5.41) is 13.7. The summed E-state index contributed by atoms with van der Waals surface area (Å²) in [5.41, 5.74) is -0.135. The number of H-pyrrole nitrogens is 1. The average Bonchev–Trinajstić information content (AvgIpc) is 3.12. The van der Waals surface area contributed by atoms with Crippen LogP contribution in [-0.2, 0) is 13.7 Å². The lowest BCUT2D eigenvalue weighted by Crippen LogP contribution is -2.24. The first kappa shape index (κ1) is 14.4. The molecule has 0 amide bonds. The van der Waals surface area contributed by atoms with Crippen molar-refractivity contribution in [2.45, 2.75) is 6.61 Å². The van der Waals surface area contributed by atoms with E-state index >= 15 is 0 Å². The summed E-state index contributed by atoms with van der Waals surface area (Å²) >= 11 is 3.33. The molecular formula is C12H10BrFN6O2. The molecule has 0 spiro atoms. The van der Waals surface area contributed by atoms with Crippen LogP contribution in [0.4, 0.5) is 4.39 Å². The van der Waals surface area contributed by atoms with E-state index in [2.05, 4.69) is 36.6 Å². The van der Waals surface area contributed by atoms with Crippen LogP contribution < -0.4 is 10.4 Å². The van der Waals surface area contributed by atoms with Crippen LogP contribution in [0.25, 0.3) is 5.69 Å². The van der Waals surface area contributed by atoms with Gasteiger partial charge in [0.25, 0.3) is 0 Å². The van der Waals surface area contributed by atoms with Crippen molar-refractivity contribution in [3.05, 3.63) is 50.7 Å². The number of ether oxygens (including phenoxy) is 1. The van der Waals surface area contributed by atoms with Crippen LogP contribution in [-0.4, -0.2) is 30.0 Å². The van der Waals surface area contributed by atoms with Gasteiger partial charge in [0.15, 0.2) is 0 Å². The number of tetrazole rings is 1. The Balaban J connectivity index is 2.07. The van der Waals surface area contributed by atoms with Crippen LogP contribution in [0, 0.1) is 5.82 Å². The van der Waals surface area contributed by atoms with Gasteiger partial charge in [-0.25, -0.2) is 14.3 Å². The minimum atomic E-state index is -0.603. The maximum Gasteiger partial charge on any atom is 0.368 e. The van der Waals surface area contributed by atoms with Gasteiger partial charge in [-0.05, 0) is 22.6 Å². The molecular weight excluding hydrogens is 359 g/mol. The van der Waals surface area contributed by atoms with E-state index in [9.17, 15) is 9.18 Å². The van der Waals surface area contributed by atoms with Crippen molar-refractivity contribution in [1.29, 1.82) is 0 Å². The number of aromatic nitrogens is 6. The molecule has 0 saturated carbocycles. The molecule has 3 rings (SSSR count). The number of nitrogens with one attached hydrogen (secondary N) is 1. The third-order valence-corrected chi connectivity index (χ3v) is 3.70. The molecule has 0 aliphatic heterocycles. The molecule has 1 aromatic carbocycles. The Bertz CT molecular complexity index is 857. The topological polar surface area (TPSA) is 90.6 Å². The summed E-state index contributed by atoms with van der Waals surface area (Å²) in [5.74, 6) is -0.178. The molecule has 0 atom stereocenters. The number of aromatic amines is 1. The SMILES string of the molecule is Cn1nnn(-c2c(F)ccc(Br)c2COc2ccn[nH]2)c1=O. The van der Waals surface area contributed by atoms with Crippen LogP contribution in [0.15, 0.2) is 33.7 Å². The Morgan fingerprint density at radius 3 is 2.82 bits per heavy atom. The zero-order chi connectivity index (χ0) is 15.7. The average molecular weight is 369 g/mol. The van der Waals surface area contributed by atoms with Crippen LogP contribution in [0.3, 0.4) is 0 Å². The zero-order valence-electron chi connectivity index (χ0n) is 11.3. The molecule has 2 heterocycles. The summed E-state index contributed by atoms with van der Waals surface area (Å²) in [4.78, 5) is 12.0. The summed E-state index contributed by atoms with van der Waals surface area (Å²) < 4.78 is 22.2. The Labute approximate surface area is 131 Å². The molecule has 0 aliphatic rings. The molecule has 0 saturated heterocycles. The first-order valence-electron chi connectivity index (χ1n) is 6.16. The molecule has 0 fully saturated rings. The first-order chi connectivity index (χ1) is 10.6. The highest BCUT2D eigenvalue weighted by Crippen LogP contribution is 2.26. The second-order valence-corrected chi connectivity index (χ2v) is 5.22. The van der Waals surface area contributed by atoms with Gasteiger partial charge in [0, 0.05) is 23.2 Å². The maximum atomic E-state index is 14.2. The molecule has 3 aromatic rings. The Kier molecular flexibility index (Phi) is 3.75. The predicted octanol–water partition coefficient (Wildman–Crippen LogP) is 1.17. The number of benzene rings is 1. The number of rotatable bonds is 4. The standard InChI is InChI=1S/C12H10BrFN6O2/c1-19-12(21)20(18-17-19)11-7(8(13)2-3-9(11)14)6-22-10-4-5-15-16-10/h2-5H,6H2,1H3,(H,15,16). The van der Waals surface area contributed by atoms with Crippen molar-refractivity contribution in [1.82, 2.24) is 30.0 Å². The van der Waals surface area contributed by atoms with Gasteiger partial charge in [-0.1, -0.05) is 15.9 Å². The fourth-order valence-corrected chi connectivity index (χ4v) is 2.31. The highest BCUT2D eigenvalue weighted by atomic mass is 79.9. The molecule has 22 heavy (non-hydrogen) atoms. The Hall–Kier alpha value is -2.49. The highest BCUT2D eigenvalue weighted by Gasteiger charge is 2.19. The normalized spacial score (nSPS) is 10.9. The lowest BCUT2D eigenvalue weighted by Gasteiger charge is -2.12. The van der Waals surface area contributed by atoms with E-state index in [-0.39, 0.29) is 12.3 Å².